The molecule has 0 heterocycles. The third-order valence-corrected chi connectivity index (χ3v) is 5.79. The van der Waals surface area contributed by atoms with E-state index in [1.54, 1.807) is 6.21 Å². The molecule has 7 heteroatoms. The predicted molar refractivity (Wildman–Crippen MR) is 145 cm³/mol. The number of halogens is 1. The third kappa shape index (κ3) is 6.38. The molecule has 0 atom stereocenters. The molecule has 0 fully saturated rings. The van der Waals surface area contributed by atoms with Crippen LogP contribution in [0.4, 0.5) is 0 Å². The second kappa shape index (κ2) is 11.5. The van der Waals surface area contributed by atoms with Gasteiger partial charge in [-0.25, -0.2) is 5.43 Å². The molecular formula is C28H30ClN3O3. The molecule has 0 unspecified atom stereocenters. The number of phenolic OH excluding ortho intramolecular Hbond substituents is 1. The number of rotatable bonds is 9. The summed E-state index contributed by atoms with van der Waals surface area (Å²) in [5, 5.41) is 19.0. The second-order valence-corrected chi connectivity index (χ2v) is 8.48. The summed E-state index contributed by atoms with van der Waals surface area (Å²) in [7, 11) is 0. The third-order valence-electron chi connectivity index (χ3n) is 5.48. The van der Waals surface area contributed by atoms with Crippen LogP contribution in [0.15, 0.2) is 84.0 Å². The highest BCUT2D eigenvalue weighted by Crippen LogP contribution is 2.28. The van der Waals surface area contributed by atoms with Crippen molar-refractivity contribution in [3.8, 4) is 11.5 Å². The van der Waals surface area contributed by atoms with Gasteiger partial charge in [0.05, 0.1) is 11.2 Å². The van der Waals surface area contributed by atoms with Gasteiger partial charge < -0.3 is 15.2 Å². The fourth-order valence-corrected chi connectivity index (χ4v) is 3.76. The number of nitrogens with one attached hydrogen (secondary N) is 2. The maximum absolute atomic E-state index is 12.3. The number of nitrogens with zero attached hydrogens (tertiary/aromatic N) is 1. The molecule has 6 nitrogen and oxygen atoms in total. The minimum Gasteiger partial charge on any atom is -0.506 e. The molecule has 1 amide bonds. The Morgan fingerprint density at radius 1 is 1.06 bits per heavy atom. The minimum absolute atomic E-state index is 0. The van der Waals surface area contributed by atoms with Crippen LogP contribution >= 0.6 is 11.6 Å². The molecule has 0 aliphatic rings. The van der Waals surface area contributed by atoms with E-state index in [2.05, 4.69) is 47.0 Å². The molecule has 182 valence electrons. The molecule has 35 heavy (non-hydrogen) atoms. The highest BCUT2D eigenvalue weighted by atomic mass is 35.5. The SMILES string of the molecule is Cc1ccc(CNCCOc2ccc(/C=N/NC(=O)c3ccc(O)c(Cl)c3)c3ccccc23)cc1.[HH].[HH]. The van der Waals surface area contributed by atoms with E-state index >= 15 is 0 Å². The Morgan fingerprint density at radius 2 is 1.83 bits per heavy atom. The van der Waals surface area contributed by atoms with Gasteiger partial charge in [-0.15, -0.1) is 0 Å². The number of aryl methyl sites for hydroxylation is 1. The van der Waals surface area contributed by atoms with Crippen molar-refractivity contribution in [1.82, 2.24) is 10.7 Å². The van der Waals surface area contributed by atoms with Crippen LogP contribution in [-0.4, -0.2) is 30.4 Å². The summed E-state index contributed by atoms with van der Waals surface area (Å²) < 4.78 is 6.04. The maximum Gasteiger partial charge on any atom is 0.271 e. The number of carbonyl (C=O) groups excluding carboxylic acids is 1. The van der Waals surface area contributed by atoms with Crippen LogP contribution in [0.5, 0.6) is 11.5 Å². The number of fused-ring (bicyclic) bond motifs is 1. The molecule has 0 aromatic heterocycles. The molecule has 3 N–H and O–H groups in total. The Hall–Kier alpha value is -3.87. The van der Waals surface area contributed by atoms with Gasteiger partial charge in [-0.2, -0.15) is 5.10 Å². The smallest absolute Gasteiger partial charge is 0.271 e. The summed E-state index contributed by atoms with van der Waals surface area (Å²) >= 11 is 5.87. The van der Waals surface area contributed by atoms with E-state index in [9.17, 15) is 9.90 Å². The fraction of sp³-hybridized carbons (Fsp3) is 0.143. The van der Waals surface area contributed by atoms with Crippen molar-refractivity contribution in [3.63, 3.8) is 0 Å². The van der Waals surface area contributed by atoms with Gasteiger partial charge in [0.25, 0.3) is 5.91 Å². The zero-order chi connectivity index (χ0) is 24.6. The second-order valence-electron chi connectivity index (χ2n) is 8.07. The van der Waals surface area contributed by atoms with E-state index in [1.807, 2.05) is 36.4 Å². The van der Waals surface area contributed by atoms with Gasteiger partial charge in [0.1, 0.15) is 18.1 Å². The van der Waals surface area contributed by atoms with E-state index in [0.29, 0.717) is 12.2 Å². The van der Waals surface area contributed by atoms with Crippen LogP contribution in [0.2, 0.25) is 5.02 Å². The first-order valence-corrected chi connectivity index (χ1v) is 11.6. The molecule has 0 aliphatic carbocycles. The summed E-state index contributed by atoms with van der Waals surface area (Å²) in [6.07, 6.45) is 1.59. The first kappa shape index (κ1) is 24.3. The lowest BCUT2D eigenvalue weighted by Gasteiger charge is -2.12. The van der Waals surface area contributed by atoms with Crippen molar-refractivity contribution in [2.24, 2.45) is 5.10 Å². The largest absolute Gasteiger partial charge is 0.506 e. The van der Waals surface area contributed by atoms with Crippen molar-refractivity contribution in [2.45, 2.75) is 13.5 Å². The topological polar surface area (TPSA) is 83.0 Å². The van der Waals surface area contributed by atoms with Gasteiger partial charge in [-0.1, -0.05) is 65.7 Å². The first-order valence-electron chi connectivity index (χ1n) is 11.2. The summed E-state index contributed by atoms with van der Waals surface area (Å²) in [5.41, 5.74) is 6.12. The molecule has 4 rings (SSSR count). The van der Waals surface area contributed by atoms with Gasteiger partial charge >= 0.3 is 0 Å². The summed E-state index contributed by atoms with van der Waals surface area (Å²) in [6.45, 7) is 4.13. The Labute approximate surface area is 212 Å². The number of amides is 1. The molecule has 0 radical (unpaired) electrons. The number of phenols is 1. The maximum atomic E-state index is 12.3. The van der Waals surface area contributed by atoms with E-state index in [-0.39, 0.29) is 13.6 Å². The lowest BCUT2D eigenvalue weighted by atomic mass is 10.0. The first-order chi connectivity index (χ1) is 17.0. The standard InChI is InChI=1S/C28H26ClN3O3.2H2/c1-19-6-8-20(9-7-19)17-30-14-15-35-27-13-11-22(23-4-2-3-5-24(23)27)18-31-32-28(34)21-10-12-26(33)25(29)16-21;;/h2-13,16,18,30,33H,14-15,17H2,1H3,(H,32,34);2*1H/b31-18+;;. The number of hydrazone groups is 1. The van der Waals surface area contributed by atoms with E-state index in [4.69, 9.17) is 16.3 Å². The molecule has 0 bridgehead atoms. The molecular weight excluding hydrogens is 462 g/mol. The highest BCUT2D eigenvalue weighted by molar-refractivity contribution is 6.32. The van der Waals surface area contributed by atoms with Crippen LogP contribution in [0, 0.1) is 6.92 Å². The summed E-state index contributed by atoms with van der Waals surface area (Å²) in [4.78, 5) is 12.3. The number of benzene rings is 4. The van der Waals surface area contributed by atoms with Crippen molar-refractivity contribution in [2.75, 3.05) is 13.2 Å². The molecule has 4 aromatic rings. The Kier molecular flexibility index (Phi) is 7.98. The number of hydrogen-bond acceptors (Lipinski definition) is 5. The van der Waals surface area contributed by atoms with Crippen LogP contribution in [0.1, 0.15) is 29.9 Å². The van der Waals surface area contributed by atoms with E-state index in [0.717, 1.165) is 35.2 Å². The zero-order valence-electron chi connectivity index (χ0n) is 19.3. The Morgan fingerprint density at radius 3 is 2.60 bits per heavy atom. The van der Waals surface area contributed by atoms with Crippen LogP contribution in [0.3, 0.4) is 0 Å². The summed E-state index contributed by atoms with van der Waals surface area (Å²) in [5.74, 6) is 0.283. The van der Waals surface area contributed by atoms with Gasteiger partial charge in [0, 0.05) is 32.5 Å². The molecule has 4 aromatic carbocycles. The molecule has 0 spiro atoms. The molecule has 0 aliphatic heterocycles. The average molecular weight is 492 g/mol. The van der Waals surface area contributed by atoms with Gasteiger partial charge in [0.15, 0.2) is 0 Å². The quantitative estimate of drug-likeness (QED) is 0.154. The number of hydrogen-bond donors (Lipinski definition) is 3. The summed E-state index contributed by atoms with van der Waals surface area (Å²) in [6, 6.07) is 24.4. The minimum atomic E-state index is -0.425. The van der Waals surface area contributed by atoms with Crippen molar-refractivity contribution in [3.05, 3.63) is 106 Å². The fourth-order valence-electron chi connectivity index (χ4n) is 3.58. The van der Waals surface area contributed by atoms with Gasteiger partial charge in [-0.05, 0) is 48.2 Å². The molecule has 0 saturated heterocycles. The van der Waals surface area contributed by atoms with Crippen molar-refractivity contribution < 1.29 is 17.5 Å². The highest BCUT2D eigenvalue weighted by Gasteiger charge is 2.08. The van der Waals surface area contributed by atoms with E-state index < -0.39 is 5.91 Å². The number of carbonyl (C=O) groups is 1. The zero-order valence-corrected chi connectivity index (χ0v) is 20.0. The van der Waals surface area contributed by atoms with Gasteiger partial charge in [-0.3, -0.25) is 4.79 Å². The van der Waals surface area contributed by atoms with E-state index in [1.165, 1.54) is 29.3 Å². The van der Waals surface area contributed by atoms with Crippen molar-refractivity contribution in [1.29, 1.82) is 0 Å². The number of ether oxygens (including phenoxy) is 1. The van der Waals surface area contributed by atoms with Crippen LogP contribution in [-0.2, 0) is 6.54 Å². The predicted octanol–water partition coefficient (Wildman–Crippen LogP) is 5.93. The normalized spacial score (nSPS) is 11.1. The lowest BCUT2D eigenvalue weighted by Crippen LogP contribution is -2.20. The van der Waals surface area contributed by atoms with Gasteiger partial charge in [0.2, 0.25) is 0 Å². The Bertz CT molecular complexity index is 1360. The lowest BCUT2D eigenvalue weighted by molar-refractivity contribution is 0.0955. The monoisotopic (exact) mass is 491 g/mol. The Balaban J connectivity index is 0.00000241. The van der Waals surface area contributed by atoms with Crippen LogP contribution < -0.4 is 15.5 Å². The number of aromatic hydroxyl groups is 1. The van der Waals surface area contributed by atoms with Crippen molar-refractivity contribution >= 4 is 34.5 Å². The molecule has 0 saturated carbocycles. The van der Waals surface area contributed by atoms with Crippen LogP contribution in [0.25, 0.3) is 10.8 Å². The average Bonchev–Trinajstić information content (AvgIpc) is 2.87.